The summed E-state index contributed by atoms with van der Waals surface area (Å²) in [4.78, 5) is 26.0. The predicted octanol–water partition coefficient (Wildman–Crippen LogP) is 2.79. The van der Waals surface area contributed by atoms with Gasteiger partial charge in [-0.25, -0.2) is 0 Å². The molecule has 1 saturated carbocycles. The van der Waals surface area contributed by atoms with Gasteiger partial charge in [0.1, 0.15) is 6.61 Å². The van der Waals surface area contributed by atoms with Gasteiger partial charge in [-0.05, 0) is 42.2 Å². The first-order chi connectivity index (χ1) is 12.2. The molecule has 4 rings (SSSR count). The first-order valence-corrected chi connectivity index (χ1v) is 8.56. The largest absolute Gasteiger partial charge is 0.370 e. The highest BCUT2D eigenvalue weighted by atomic mass is 16.5. The highest BCUT2D eigenvalue weighted by Gasteiger charge is 2.43. The van der Waals surface area contributed by atoms with E-state index in [9.17, 15) is 9.59 Å². The van der Waals surface area contributed by atoms with Gasteiger partial charge in [0.25, 0.3) is 5.91 Å². The first kappa shape index (κ1) is 15.8. The molecule has 1 aliphatic carbocycles. The van der Waals surface area contributed by atoms with Gasteiger partial charge in [-0.2, -0.15) is 0 Å². The molecular formula is C20H20N2O3. The van der Waals surface area contributed by atoms with Gasteiger partial charge in [-0.15, -0.1) is 0 Å². The summed E-state index contributed by atoms with van der Waals surface area (Å²) >= 11 is 0. The SMILES string of the molecule is O=C(Nc1ccc(N2CCOCC2=O)cc1)C1CC1c1ccccc1. The molecule has 0 aromatic heterocycles. The Morgan fingerprint density at radius 2 is 1.84 bits per heavy atom. The number of morpholine rings is 1. The van der Waals surface area contributed by atoms with Crippen molar-refractivity contribution in [1.82, 2.24) is 0 Å². The van der Waals surface area contributed by atoms with Crippen molar-refractivity contribution in [1.29, 1.82) is 0 Å². The van der Waals surface area contributed by atoms with E-state index >= 15 is 0 Å². The van der Waals surface area contributed by atoms with Gasteiger partial charge in [-0.1, -0.05) is 30.3 Å². The summed E-state index contributed by atoms with van der Waals surface area (Å²) in [6, 6.07) is 17.6. The Morgan fingerprint density at radius 3 is 2.56 bits per heavy atom. The fourth-order valence-electron chi connectivity index (χ4n) is 3.30. The average molecular weight is 336 g/mol. The van der Waals surface area contributed by atoms with Crippen molar-refractivity contribution in [3.05, 3.63) is 60.2 Å². The molecule has 1 heterocycles. The highest BCUT2D eigenvalue weighted by molar-refractivity contribution is 5.97. The number of ether oxygens (including phenoxy) is 1. The lowest BCUT2D eigenvalue weighted by Gasteiger charge is -2.26. The third kappa shape index (κ3) is 3.42. The Hall–Kier alpha value is -2.66. The topological polar surface area (TPSA) is 58.6 Å². The van der Waals surface area contributed by atoms with Crippen LogP contribution in [0.5, 0.6) is 0 Å². The van der Waals surface area contributed by atoms with E-state index in [2.05, 4.69) is 17.4 Å². The number of nitrogens with one attached hydrogen (secondary N) is 1. The normalized spacial score (nSPS) is 22.6. The Kier molecular flexibility index (Phi) is 4.24. The van der Waals surface area contributed by atoms with Gasteiger partial charge in [0.05, 0.1) is 6.61 Å². The fraction of sp³-hybridized carbons (Fsp3) is 0.300. The highest BCUT2D eigenvalue weighted by Crippen LogP contribution is 2.47. The number of nitrogens with zero attached hydrogens (tertiary/aromatic N) is 1. The van der Waals surface area contributed by atoms with Gasteiger partial charge in [0.15, 0.2) is 0 Å². The molecule has 2 fully saturated rings. The summed E-state index contributed by atoms with van der Waals surface area (Å²) in [5, 5.41) is 2.98. The molecule has 0 bridgehead atoms. The fourth-order valence-corrected chi connectivity index (χ4v) is 3.30. The molecule has 2 atom stereocenters. The van der Waals surface area contributed by atoms with E-state index in [0.29, 0.717) is 19.1 Å². The lowest BCUT2D eigenvalue weighted by Crippen LogP contribution is -2.41. The third-order valence-corrected chi connectivity index (χ3v) is 4.79. The number of hydrogen-bond acceptors (Lipinski definition) is 3. The zero-order chi connectivity index (χ0) is 17.2. The zero-order valence-electron chi connectivity index (χ0n) is 13.9. The molecule has 0 radical (unpaired) electrons. The number of amides is 2. The van der Waals surface area contributed by atoms with Crippen LogP contribution in [0.3, 0.4) is 0 Å². The second-order valence-electron chi connectivity index (χ2n) is 6.49. The number of carbonyl (C=O) groups is 2. The van der Waals surface area contributed by atoms with Crippen LogP contribution in [-0.2, 0) is 14.3 Å². The molecule has 2 amide bonds. The minimum atomic E-state index is -0.0354. The number of carbonyl (C=O) groups excluding carboxylic acids is 2. The molecule has 0 spiro atoms. The molecule has 128 valence electrons. The van der Waals surface area contributed by atoms with Crippen LogP contribution < -0.4 is 10.2 Å². The second kappa shape index (κ2) is 6.69. The van der Waals surface area contributed by atoms with E-state index in [1.54, 1.807) is 4.90 Å². The van der Waals surface area contributed by atoms with Gasteiger partial charge in [-0.3, -0.25) is 9.59 Å². The van der Waals surface area contributed by atoms with Crippen LogP contribution in [0, 0.1) is 5.92 Å². The van der Waals surface area contributed by atoms with Crippen molar-refractivity contribution in [2.45, 2.75) is 12.3 Å². The Labute approximate surface area is 146 Å². The Morgan fingerprint density at radius 1 is 1.08 bits per heavy atom. The number of hydrogen-bond donors (Lipinski definition) is 1. The van der Waals surface area contributed by atoms with Crippen LogP contribution in [0.2, 0.25) is 0 Å². The minimum Gasteiger partial charge on any atom is -0.370 e. The van der Waals surface area contributed by atoms with Gasteiger partial charge in [0, 0.05) is 23.8 Å². The zero-order valence-corrected chi connectivity index (χ0v) is 13.9. The minimum absolute atomic E-state index is 0.0354. The van der Waals surface area contributed by atoms with Crippen LogP contribution in [-0.4, -0.2) is 31.6 Å². The van der Waals surface area contributed by atoms with Crippen molar-refractivity contribution >= 4 is 23.2 Å². The van der Waals surface area contributed by atoms with Crippen molar-refractivity contribution in [2.75, 3.05) is 30.0 Å². The number of anilines is 2. The molecule has 2 aromatic rings. The van der Waals surface area contributed by atoms with Gasteiger partial charge < -0.3 is 15.0 Å². The van der Waals surface area contributed by atoms with Crippen molar-refractivity contribution in [3.8, 4) is 0 Å². The van der Waals surface area contributed by atoms with Crippen LogP contribution in [0.25, 0.3) is 0 Å². The monoisotopic (exact) mass is 336 g/mol. The maximum Gasteiger partial charge on any atom is 0.253 e. The second-order valence-corrected chi connectivity index (χ2v) is 6.49. The molecule has 25 heavy (non-hydrogen) atoms. The summed E-state index contributed by atoms with van der Waals surface area (Å²) in [5.74, 6) is 0.394. The summed E-state index contributed by atoms with van der Waals surface area (Å²) in [7, 11) is 0. The van der Waals surface area contributed by atoms with E-state index in [1.807, 2.05) is 42.5 Å². The summed E-state index contributed by atoms with van der Waals surface area (Å²) in [6.45, 7) is 1.24. The summed E-state index contributed by atoms with van der Waals surface area (Å²) in [5.41, 5.74) is 2.82. The van der Waals surface area contributed by atoms with Crippen LogP contribution in [0.4, 0.5) is 11.4 Å². The van der Waals surface area contributed by atoms with Crippen LogP contribution >= 0.6 is 0 Å². The molecule has 5 nitrogen and oxygen atoms in total. The van der Waals surface area contributed by atoms with Gasteiger partial charge in [0.2, 0.25) is 5.91 Å². The number of benzene rings is 2. The van der Waals surface area contributed by atoms with Gasteiger partial charge >= 0.3 is 0 Å². The molecule has 2 unspecified atom stereocenters. The average Bonchev–Trinajstić information content (AvgIpc) is 3.45. The quantitative estimate of drug-likeness (QED) is 0.934. The molecule has 2 aromatic carbocycles. The van der Waals surface area contributed by atoms with E-state index in [4.69, 9.17) is 4.74 Å². The predicted molar refractivity (Wildman–Crippen MR) is 95.5 cm³/mol. The maximum atomic E-state index is 12.4. The summed E-state index contributed by atoms with van der Waals surface area (Å²) < 4.78 is 5.14. The Balaban J connectivity index is 1.37. The van der Waals surface area contributed by atoms with Crippen molar-refractivity contribution in [3.63, 3.8) is 0 Å². The molecule has 2 aliphatic rings. The standard InChI is InChI=1S/C20H20N2O3/c23-19-13-25-11-10-22(19)16-8-6-15(7-9-16)21-20(24)18-12-17(18)14-4-2-1-3-5-14/h1-9,17-18H,10-13H2,(H,21,24). The molecule has 5 heteroatoms. The smallest absolute Gasteiger partial charge is 0.253 e. The van der Waals surface area contributed by atoms with Crippen LogP contribution in [0.1, 0.15) is 17.9 Å². The lowest BCUT2D eigenvalue weighted by atomic mass is 10.1. The molecule has 1 saturated heterocycles. The van der Waals surface area contributed by atoms with E-state index < -0.39 is 0 Å². The van der Waals surface area contributed by atoms with Crippen molar-refractivity contribution < 1.29 is 14.3 Å². The van der Waals surface area contributed by atoms with E-state index in [1.165, 1.54) is 5.56 Å². The third-order valence-electron chi connectivity index (χ3n) is 4.79. The Bertz CT molecular complexity index is 773. The molecular weight excluding hydrogens is 316 g/mol. The van der Waals surface area contributed by atoms with Crippen LogP contribution in [0.15, 0.2) is 54.6 Å². The lowest BCUT2D eigenvalue weighted by molar-refractivity contribution is -0.125. The van der Waals surface area contributed by atoms with Crippen molar-refractivity contribution in [2.24, 2.45) is 5.92 Å². The summed E-state index contributed by atoms with van der Waals surface area (Å²) in [6.07, 6.45) is 0.899. The van der Waals surface area contributed by atoms with E-state index in [0.717, 1.165) is 17.8 Å². The van der Waals surface area contributed by atoms with E-state index in [-0.39, 0.29) is 24.3 Å². The maximum absolute atomic E-state index is 12.4. The number of rotatable bonds is 4. The molecule has 1 N–H and O–H groups in total. The first-order valence-electron chi connectivity index (χ1n) is 8.56. The molecule has 1 aliphatic heterocycles.